The van der Waals surface area contributed by atoms with Gasteiger partial charge >= 0.3 is 0 Å². The molecule has 0 bridgehead atoms. The zero-order chi connectivity index (χ0) is 32.5. The molecule has 0 spiro atoms. The van der Waals surface area contributed by atoms with Crippen molar-refractivity contribution in [2.45, 2.75) is 69.0 Å². The first kappa shape index (κ1) is 33.4. The summed E-state index contributed by atoms with van der Waals surface area (Å²) in [7, 11) is -4.13. The van der Waals surface area contributed by atoms with Gasteiger partial charge in [0.2, 0.25) is 11.8 Å². The first-order valence-electron chi connectivity index (χ1n) is 15.8. The number of carbonyl (C=O) groups is 2. The number of sulfonamides is 1. The summed E-state index contributed by atoms with van der Waals surface area (Å²) in [4.78, 5) is 30.3. The van der Waals surface area contributed by atoms with E-state index in [1.54, 1.807) is 35.2 Å². The van der Waals surface area contributed by atoms with E-state index in [0.717, 1.165) is 57.6 Å². The number of amides is 2. The van der Waals surface area contributed by atoms with Gasteiger partial charge in [0.1, 0.15) is 12.6 Å². The minimum absolute atomic E-state index is 0.0578. The fourth-order valence-corrected chi connectivity index (χ4v) is 7.55. The van der Waals surface area contributed by atoms with Crippen LogP contribution in [0, 0.1) is 0 Å². The van der Waals surface area contributed by atoms with E-state index < -0.39 is 28.5 Å². The molecule has 9 heteroatoms. The number of rotatable bonds is 13. The Bertz CT molecular complexity index is 1690. The summed E-state index contributed by atoms with van der Waals surface area (Å²) in [6, 6.07) is 31.8. The van der Waals surface area contributed by atoms with Crippen LogP contribution in [-0.4, -0.2) is 43.8 Å². The Labute approximate surface area is 280 Å². The van der Waals surface area contributed by atoms with Gasteiger partial charge in [-0.2, -0.15) is 0 Å². The molecule has 1 N–H and O–H groups in total. The highest BCUT2D eigenvalue weighted by molar-refractivity contribution is 9.10. The molecule has 0 radical (unpaired) electrons. The van der Waals surface area contributed by atoms with Crippen molar-refractivity contribution in [2.75, 3.05) is 10.8 Å². The number of benzene rings is 4. The molecule has 0 aromatic heterocycles. The van der Waals surface area contributed by atoms with Crippen LogP contribution in [-0.2, 0) is 39.0 Å². The number of anilines is 1. The smallest absolute Gasteiger partial charge is 0.264 e. The number of halogens is 1. The average Bonchev–Trinajstić information content (AvgIpc) is 3.60. The summed E-state index contributed by atoms with van der Waals surface area (Å²) >= 11 is 3.48. The maximum absolute atomic E-state index is 14.6. The molecule has 1 fully saturated rings. The second-order valence-corrected chi connectivity index (χ2v) is 14.5. The molecule has 0 heterocycles. The lowest BCUT2D eigenvalue weighted by Crippen LogP contribution is -2.54. The van der Waals surface area contributed by atoms with Gasteiger partial charge in [-0.1, -0.05) is 108 Å². The summed E-state index contributed by atoms with van der Waals surface area (Å²) in [5.41, 5.74) is 3.17. The van der Waals surface area contributed by atoms with Crippen LogP contribution in [0.5, 0.6) is 0 Å². The molecular weight excluding hydrogens is 662 g/mol. The monoisotopic (exact) mass is 701 g/mol. The maximum Gasteiger partial charge on any atom is 0.264 e. The molecule has 1 aliphatic carbocycles. The molecular formula is C37H40BrN3O4S. The fraction of sp³-hybridized carbons (Fsp3) is 0.297. The SMILES string of the molecule is CCc1ccc(N(CC(=O)N(Cc2ccc(Br)cc2)[C@@H](Cc2ccccc2)C(=O)NC2CCCC2)S(=O)(=O)c2ccccc2)cc1. The van der Waals surface area contributed by atoms with E-state index >= 15 is 0 Å². The zero-order valence-electron chi connectivity index (χ0n) is 26.0. The van der Waals surface area contributed by atoms with E-state index in [1.165, 1.54) is 12.1 Å². The van der Waals surface area contributed by atoms with Crippen LogP contribution in [0.3, 0.4) is 0 Å². The standard InChI is InChI=1S/C37H40BrN3O4S/c1-2-28-19-23-33(24-20-28)41(46(44,45)34-15-7-4-8-16-34)27-36(42)40(26-30-17-21-31(38)22-18-30)35(25-29-11-5-3-6-12-29)37(43)39-32-13-9-10-14-32/h3-8,11-12,15-24,32,35H,2,9-10,13-14,25-27H2,1H3,(H,39,43)/t35-/m0/s1. The predicted molar refractivity (Wildman–Crippen MR) is 186 cm³/mol. The van der Waals surface area contributed by atoms with Gasteiger partial charge in [-0.25, -0.2) is 8.42 Å². The van der Waals surface area contributed by atoms with Crippen molar-refractivity contribution in [1.82, 2.24) is 10.2 Å². The Morgan fingerprint density at radius 2 is 1.39 bits per heavy atom. The summed E-state index contributed by atoms with van der Waals surface area (Å²) < 4.78 is 30.3. The predicted octanol–water partition coefficient (Wildman–Crippen LogP) is 6.91. The second-order valence-electron chi connectivity index (χ2n) is 11.7. The molecule has 5 rings (SSSR count). The van der Waals surface area contributed by atoms with E-state index in [0.29, 0.717) is 5.69 Å². The largest absolute Gasteiger partial charge is 0.352 e. The maximum atomic E-state index is 14.6. The van der Waals surface area contributed by atoms with Crippen molar-refractivity contribution >= 4 is 43.5 Å². The lowest BCUT2D eigenvalue weighted by atomic mass is 10.0. The Morgan fingerprint density at radius 1 is 0.804 bits per heavy atom. The quantitative estimate of drug-likeness (QED) is 0.164. The summed E-state index contributed by atoms with van der Waals surface area (Å²) in [5.74, 6) is -0.699. The highest BCUT2D eigenvalue weighted by Gasteiger charge is 2.35. The van der Waals surface area contributed by atoms with Crippen molar-refractivity contribution in [3.63, 3.8) is 0 Å². The van der Waals surface area contributed by atoms with E-state index in [-0.39, 0.29) is 29.8 Å². The van der Waals surface area contributed by atoms with Crippen LogP contribution in [0.1, 0.15) is 49.3 Å². The van der Waals surface area contributed by atoms with Gasteiger partial charge in [0.05, 0.1) is 10.6 Å². The molecule has 0 aliphatic heterocycles. The van der Waals surface area contributed by atoms with Crippen LogP contribution in [0.15, 0.2) is 119 Å². The van der Waals surface area contributed by atoms with E-state index in [2.05, 4.69) is 21.2 Å². The Morgan fingerprint density at radius 3 is 2.00 bits per heavy atom. The van der Waals surface area contributed by atoms with Gasteiger partial charge in [-0.3, -0.25) is 13.9 Å². The second kappa shape index (κ2) is 15.6. The van der Waals surface area contributed by atoms with Gasteiger partial charge in [0.15, 0.2) is 0 Å². The Hall–Kier alpha value is -3.95. The molecule has 46 heavy (non-hydrogen) atoms. The number of carbonyl (C=O) groups excluding carboxylic acids is 2. The average molecular weight is 703 g/mol. The molecule has 240 valence electrons. The van der Waals surface area contributed by atoms with Crippen LogP contribution >= 0.6 is 15.9 Å². The van der Waals surface area contributed by atoms with Crippen molar-refractivity contribution < 1.29 is 18.0 Å². The number of hydrogen-bond acceptors (Lipinski definition) is 4. The van der Waals surface area contributed by atoms with Crippen LogP contribution in [0.4, 0.5) is 5.69 Å². The summed E-state index contributed by atoms with van der Waals surface area (Å²) in [6.07, 6.45) is 5.00. The van der Waals surface area contributed by atoms with Gasteiger partial charge in [0, 0.05) is 23.5 Å². The van der Waals surface area contributed by atoms with Crippen molar-refractivity contribution in [2.24, 2.45) is 0 Å². The number of aryl methyl sites for hydroxylation is 1. The summed E-state index contributed by atoms with van der Waals surface area (Å²) in [5, 5.41) is 3.21. The third kappa shape index (κ3) is 8.44. The lowest BCUT2D eigenvalue weighted by Gasteiger charge is -2.34. The van der Waals surface area contributed by atoms with E-state index in [9.17, 15) is 18.0 Å². The molecule has 7 nitrogen and oxygen atoms in total. The van der Waals surface area contributed by atoms with E-state index in [1.807, 2.05) is 73.7 Å². The van der Waals surface area contributed by atoms with Gasteiger partial charge < -0.3 is 10.2 Å². The van der Waals surface area contributed by atoms with Gasteiger partial charge in [-0.15, -0.1) is 0 Å². The normalized spacial score (nSPS) is 14.0. The number of nitrogens with zero attached hydrogens (tertiary/aromatic N) is 2. The Kier molecular flexibility index (Phi) is 11.3. The van der Waals surface area contributed by atoms with Gasteiger partial charge in [0.25, 0.3) is 10.0 Å². The lowest BCUT2D eigenvalue weighted by molar-refractivity contribution is -0.140. The third-order valence-corrected chi connectivity index (χ3v) is 10.8. The third-order valence-electron chi connectivity index (χ3n) is 8.48. The van der Waals surface area contributed by atoms with Crippen molar-refractivity contribution in [3.8, 4) is 0 Å². The van der Waals surface area contributed by atoms with Crippen LogP contribution in [0.25, 0.3) is 0 Å². The van der Waals surface area contributed by atoms with Crippen LogP contribution in [0.2, 0.25) is 0 Å². The zero-order valence-corrected chi connectivity index (χ0v) is 28.4. The number of hydrogen-bond donors (Lipinski definition) is 1. The van der Waals surface area contributed by atoms with Crippen molar-refractivity contribution in [3.05, 3.63) is 130 Å². The molecule has 4 aromatic rings. The van der Waals surface area contributed by atoms with Crippen molar-refractivity contribution in [1.29, 1.82) is 0 Å². The molecule has 0 unspecified atom stereocenters. The highest BCUT2D eigenvalue weighted by atomic mass is 79.9. The van der Waals surface area contributed by atoms with Gasteiger partial charge in [-0.05, 0) is 72.4 Å². The molecule has 1 aliphatic rings. The number of nitrogens with one attached hydrogen (secondary N) is 1. The molecule has 2 amide bonds. The fourth-order valence-electron chi connectivity index (χ4n) is 5.85. The van der Waals surface area contributed by atoms with E-state index in [4.69, 9.17) is 0 Å². The minimum Gasteiger partial charge on any atom is -0.352 e. The molecule has 1 atom stereocenters. The first-order chi connectivity index (χ1) is 22.2. The molecule has 0 saturated heterocycles. The molecule has 4 aromatic carbocycles. The van der Waals surface area contributed by atoms with Crippen LogP contribution < -0.4 is 9.62 Å². The molecule has 1 saturated carbocycles. The first-order valence-corrected chi connectivity index (χ1v) is 18.0. The topological polar surface area (TPSA) is 86.8 Å². The minimum atomic E-state index is -4.13. The Balaban J connectivity index is 1.55. The highest BCUT2D eigenvalue weighted by Crippen LogP contribution is 2.26. The summed E-state index contributed by atoms with van der Waals surface area (Å²) in [6.45, 7) is 1.69.